The Labute approximate surface area is 187 Å². The minimum absolute atomic E-state index is 0.0639. The van der Waals surface area contributed by atoms with Crippen molar-refractivity contribution in [3.63, 3.8) is 0 Å². The number of amides is 1. The van der Waals surface area contributed by atoms with Gasteiger partial charge in [-0.3, -0.25) is 4.79 Å². The molecule has 3 heterocycles. The molecule has 2 atom stereocenters. The lowest BCUT2D eigenvalue weighted by atomic mass is 10.0. The standard InChI is InChI=1S/C18H12Cl3F3N4OS/c19-8-3-1-4-9(13(8)20)26-17(29)15-14(21)16-25-10(11-5-2-6-30-11)7-12(18(22,23)24)28(16)27-15/h1-6,10,12,25H,7H2,(H,26,29)/t10-,12+/m0/s1. The number of rotatable bonds is 3. The Morgan fingerprint density at radius 2 is 1.97 bits per heavy atom. The highest BCUT2D eigenvalue weighted by Crippen LogP contribution is 2.47. The lowest BCUT2D eigenvalue weighted by Gasteiger charge is -2.32. The Hall–Kier alpha value is -1.94. The molecule has 1 aliphatic rings. The van der Waals surface area contributed by atoms with E-state index in [2.05, 4.69) is 15.7 Å². The number of benzene rings is 1. The number of alkyl halides is 3. The molecule has 1 aliphatic heterocycles. The van der Waals surface area contributed by atoms with Gasteiger partial charge in [-0.25, -0.2) is 4.68 Å². The molecule has 12 heteroatoms. The van der Waals surface area contributed by atoms with Crippen molar-refractivity contribution in [2.75, 3.05) is 10.6 Å². The number of hydrogen-bond acceptors (Lipinski definition) is 4. The van der Waals surface area contributed by atoms with Crippen molar-refractivity contribution in [1.29, 1.82) is 0 Å². The zero-order chi connectivity index (χ0) is 21.6. The van der Waals surface area contributed by atoms with E-state index in [0.29, 0.717) is 0 Å². The average molecular weight is 496 g/mol. The van der Waals surface area contributed by atoms with Crippen molar-refractivity contribution >= 4 is 63.6 Å². The van der Waals surface area contributed by atoms with Gasteiger partial charge in [0.05, 0.1) is 21.8 Å². The fraction of sp³-hybridized carbons (Fsp3) is 0.222. The van der Waals surface area contributed by atoms with Crippen LogP contribution < -0.4 is 10.6 Å². The van der Waals surface area contributed by atoms with Crippen molar-refractivity contribution in [2.45, 2.75) is 24.7 Å². The number of halogens is 6. The zero-order valence-corrected chi connectivity index (χ0v) is 17.9. The Bertz CT molecular complexity index is 1100. The van der Waals surface area contributed by atoms with E-state index in [9.17, 15) is 18.0 Å². The van der Waals surface area contributed by atoms with Crippen LogP contribution in [0.2, 0.25) is 15.1 Å². The Morgan fingerprint density at radius 3 is 2.63 bits per heavy atom. The molecule has 0 spiro atoms. The van der Waals surface area contributed by atoms with E-state index in [-0.39, 0.29) is 38.7 Å². The minimum atomic E-state index is -4.58. The summed E-state index contributed by atoms with van der Waals surface area (Å²) in [5.74, 6) is -0.868. The summed E-state index contributed by atoms with van der Waals surface area (Å²) in [5, 5.41) is 11.2. The summed E-state index contributed by atoms with van der Waals surface area (Å²) in [4.78, 5) is 13.4. The number of hydrogen-bond donors (Lipinski definition) is 2. The summed E-state index contributed by atoms with van der Waals surface area (Å²) in [7, 11) is 0. The molecule has 0 radical (unpaired) electrons. The normalized spacial score (nSPS) is 18.6. The van der Waals surface area contributed by atoms with Gasteiger partial charge in [0.2, 0.25) is 0 Å². The van der Waals surface area contributed by atoms with E-state index >= 15 is 0 Å². The molecule has 158 valence electrons. The second-order valence-corrected chi connectivity index (χ2v) is 8.66. The first kappa shape index (κ1) is 21.3. The molecule has 0 saturated heterocycles. The summed E-state index contributed by atoms with van der Waals surface area (Å²) < 4.78 is 42.0. The Balaban J connectivity index is 1.71. The van der Waals surface area contributed by atoms with Crippen LogP contribution in [0, 0.1) is 0 Å². The van der Waals surface area contributed by atoms with E-state index in [1.807, 2.05) is 0 Å². The van der Waals surface area contributed by atoms with Crippen molar-refractivity contribution in [3.05, 3.63) is 61.4 Å². The fourth-order valence-corrected chi connectivity index (χ4v) is 4.60. The molecule has 1 aromatic carbocycles. The third kappa shape index (κ3) is 3.87. The second-order valence-electron chi connectivity index (χ2n) is 6.52. The molecular weight excluding hydrogens is 484 g/mol. The summed E-state index contributed by atoms with van der Waals surface area (Å²) >= 11 is 19.6. The number of nitrogens with one attached hydrogen (secondary N) is 2. The summed E-state index contributed by atoms with van der Waals surface area (Å²) in [5.41, 5.74) is -0.163. The maximum Gasteiger partial charge on any atom is 0.410 e. The number of anilines is 2. The van der Waals surface area contributed by atoms with Crippen LogP contribution in [-0.2, 0) is 0 Å². The van der Waals surface area contributed by atoms with Crippen LogP contribution in [0.25, 0.3) is 0 Å². The number of fused-ring (bicyclic) bond motifs is 1. The second kappa shape index (κ2) is 7.96. The molecule has 4 rings (SSSR count). The van der Waals surface area contributed by atoms with Crippen LogP contribution in [0.1, 0.15) is 33.9 Å². The van der Waals surface area contributed by atoms with Gasteiger partial charge in [-0.05, 0) is 23.6 Å². The fourth-order valence-electron chi connectivity index (χ4n) is 3.19. The molecule has 0 unspecified atom stereocenters. The summed E-state index contributed by atoms with van der Waals surface area (Å²) in [6.07, 6.45) is -4.86. The number of thiophene rings is 1. The van der Waals surface area contributed by atoms with Crippen LogP contribution in [0.5, 0.6) is 0 Å². The first-order valence-corrected chi connectivity index (χ1v) is 10.6. The summed E-state index contributed by atoms with van der Waals surface area (Å²) in [6, 6.07) is 5.54. The first-order valence-electron chi connectivity index (χ1n) is 8.57. The first-order chi connectivity index (χ1) is 14.2. The van der Waals surface area contributed by atoms with Crippen LogP contribution in [0.15, 0.2) is 35.7 Å². The predicted molar refractivity (Wildman–Crippen MR) is 112 cm³/mol. The molecule has 5 nitrogen and oxygen atoms in total. The van der Waals surface area contributed by atoms with E-state index in [1.165, 1.54) is 23.5 Å². The van der Waals surface area contributed by atoms with Crippen LogP contribution in [0.3, 0.4) is 0 Å². The van der Waals surface area contributed by atoms with Gasteiger partial charge in [-0.1, -0.05) is 46.9 Å². The topological polar surface area (TPSA) is 59.0 Å². The number of aromatic nitrogens is 2. The maximum atomic E-state index is 13.8. The molecular formula is C18H12Cl3F3N4OS. The average Bonchev–Trinajstić information content (AvgIpc) is 3.32. The zero-order valence-electron chi connectivity index (χ0n) is 14.8. The van der Waals surface area contributed by atoms with Crippen LogP contribution in [0.4, 0.5) is 24.7 Å². The Kier molecular flexibility index (Phi) is 5.65. The van der Waals surface area contributed by atoms with Crippen molar-refractivity contribution < 1.29 is 18.0 Å². The highest BCUT2D eigenvalue weighted by atomic mass is 35.5. The highest BCUT2D eigenvalue weighted by molar-refractivity contribution is 7.10. The van der Waals surface area contributed by atoms with Crippen molar-refractivity contribution in [3.8, 4) is 0 Å². The maximum absolute atomic E-state index is 13.8. The van der Waals surface area contributed by atoms with Crippen LogP contribution in [-0.4, -0.2) is 21.9 Å². The third-order valence-electron chi connectivity index (χ3n) is 4.60. The molecule has 0 saturated carbocycles. The van der Waals surface area contributed by atoms with Crippen molar-refractivity contribution in [1.82, 2.24) is 9.78 Å². The van der Waals surface area contributed by atoms with Gasteiger partial charge in [0.15, 0.2) is 11.7 Å². The van der Waals surface area contributed by atoms with Crippen LogP contribution >= 0.6 is 46.1 Å². The quantitative estimate of drug-likeness (QED) is 0.419. The van der Waals surface area contributed by atoms with Gasteiger partial charge in [-0.15, -0.1) is 11.3 Å². The van der Waals surface area contributed by atoms with Gasteiger partial charge in [0.25, 0.3) is 5.91 Å². The van der Waals surface area contributed by atoms with Gasteiger partial charge in [0, 0.05) is 11.3 Å². The van der Waals surface area contributed by atoms with Gasteiger partial charge in [0.1, 0.15) is 10.8 Å². The third-order valence-corrected chi connectivity index (χ3v) is 6.76. The molecule has 0 aliphatic carbocycles. The minimum Gasteiger partial charge on any atom is -0.361 e. The van der Waals surface area contributed by atoms with E-state index < -0.39 is 24.2 Å². The van der Waals surface area contributed by atoms with Gasteiger partial charge in [-0.2, -0.15) is 18.3 Å². The largest absolute Gasteiger partial charge is 0.410 e. The monoisotopic (exact) mass is 494 g/mol. The van der Waals surface area contributed by atoms with E-state index in [0.717, 1.165) is 9.56 Å². The molecule has 0 bridgehead atoms. The molecule has 30 heavy (non-hydrogen) atoms. The lowest BCUT2D eigenvalue weighted by Crippen LogP contribution is -2.35. The molecule has 2 aromatic heterocycles. The number of carbonyl (C=O) groups excluding carboxylic acids is 1. The Morgan fingerprint density at radius 1 is 1.20 bits per heavy atom. The summed E-state index contributed by atoms with van der Waals surface area (Å²) in [6.45, 7) is 0. The SMILES string of the molecule is O=C(Nc1cccc(Cl)c1Cl)c1nn2c(c1Cl)N[C@H](c1cccs1)C[C@@H]2C(F)(F)F. The van der Waals surface area contributed by atoms with E-state index in [4.69, 9.17) is 34.8 Å². The molecule has 3 aromatic rings. The highest BCUT2D eigenvalue weighted by Gasteiger charge is 2.48. The molecule has 1 amide bonds. The van der Waals surface area contributed by atoms with E-state index in [1.54, 1.807) is 23.6 Å². The van der Waals surface area contributed by atoms with Crippen molar-refractivity contribution in [2.24, 2.45) is 0 Å². The molecule has 2 N–H and O–H groups in total. The van der Waals surface area contributed by atoms with Gasteiger partial charge >= 0.3 is 6.18 Å². The predicted octanol–water partition coefficient (Wildman–Crippen LogP) is 6.82. The smallest absolute Gasteiger partial charge is 0.361 e. The number of carbonyl (C=O) groups is 1. The lowest BCUT2D eigenvalue weighted by molar-refractivity contribution is -0.173. The van der Waals surface area contributed by atoms with Gasteiger partial charge < -0.3 is 10.6 Å². The molecule has 0 fully saturated rings. The number of nitrogens with zero attached hydrogens (tertiary/aromatic N) is 2.